The molecule has 0 amide bonds. The third-order valence-corrected chi connectivity index (χ3v) is 4.45. The number of rotatable bonds is 8. The summed E-state index contributed by atoms with van der Waals surface area (Å²) >= 11 is 0. The molecule has 0 heterocycles. The summed E-state index contributed by atoms with van der Waals surface area (Å²) in [4.78, 5) is 15.1. The van der Waals surface area contributed by atoms with E-state index in [9.17, 15) is 4.79 Å². The Morgan fingerprint density at radius 3 is 2.67 bits per heavy atom. The van der Waals surface area contributed by atoms with E-state index in [4.69, 9.17) is 10.3 Å². The number of esters is 1. The smallest absolute Gasteiger partial charge is 0.326 e. The van der Waals surface area contributed by atoms with E-state index < -0.39 is 5.54 Å². The van der Waals surface area contributed by atoms with E-state index in [2.05, 4.69) is 29.2 Å². The molecular formula is C15H28N4O2. The number of hydrogen-bond donors (Lipinski definition) is 1. The first-order chi connectivity index (χ1) is 10.1. The van der Waals surface area contributed by atoms with Gasteiger partial charge in [-0.05, 0) is 62.9 Å². The van der Waals surface area contributed by atoms with Gasteiger partial charge in [-0.25, -0.2) is 0 Å². The number of nitrogens with one attached hydrogen (secondary N) is 1. The fourth-order valence-electron chi connectivity index (χ4n) is 3.04. The lowest BCUT2D eigenvalue weighted by Crippen LogP contribution is -2.55. The largest absolute Gasteiger partial charge is 0.465 e. The highest BCUT2D eigenvalue weighted by atomic mass is 16.5. The minimum atomic E-state index is -0.544. The van der Waals surface area contributed by atoms with Gasteiger partial charge < -0.3 is 10.1 Å². The highest BCUT2D eigenvalue weighted by Gasteiger charge is 2.42. The van der Waals surface area contributed by atoms with E-state index in [1.165, 1.54) is 0 Å². The minimum Gasteiger partial charge on any atom is -0.465 e. The molecule has 1 rings (SSSR count). The van der Waals surface area contributed by atoms with Gasteiger partial charge in [-0.1, -0.05) is 19.0 Å². The molecule has 0 unspecified atom stereocenters. The van der Waals surface area contributed by atoms with Crippen LogP contribution in [0.2, 0.25) is 0 Å². The van der Waals surface area contributed by atoms with Crippen molar-refractivity contribution in [3.8, 4) is 0 Å². The fourth-order valence-corrected chi connectivity index (χ4v) is 3.04. The average Bonchev–Trinajstić information content (AvgIpc) is 2.47. The lowest BCUT2D eigenvalue weighted by atomic mass is 9.72. The zero-order valence-electron chi connectivity index (χ0n) is 13.5. The molecule has 1 N–H and O–H groups in total. The molecule has 0 aromatic carbocycles. The maximum absolute atomic E-state index is 12.3. The second-order valence-corrected chi connectivity index (χ2v) is 6.12. The Morgan fingerprint density at radius 2 is 2.14 bits per heavy atom. The minimum absolute atomic E-state index is 0.129. The normalized spacial score (nSPS) is 25.4. The van der Waals surface area contributed by atoms with Crippen LogP contribution in [0, 0.1) is 11.8 Å². The molecule has 1 aliphatic rings. The molecule has 120 valence electrons. The predicted molar refractivity (Wildman–Crippen MR) is 82.8 cm³/mol. The van der Waals surface area contributed by atoms with Crippen molar-refractivity contribution >= 4 is 5.97 Å². The first-order valence-corrected chi connectivity index (χ1v) is 7.99. The Bertz CT molecular complexity index is 370. The maximum Gasteiger partial charge on any atom is 0.326 e. The monoisotopic (exact) mass is 296 g/mol. The summed E-state index contributed by atoms with van der Waals surface area (Å²) in [5.74, 6) is 1.23. The number of carbonyl (C=O) groups excluding carboxylic acids is 1. The number of nitrogens with zero attached hydrogens (tertiary/aromatic N) is 3. The molecular weight excluding hydrogens is 268 g/mol. The number of ether oxygens (including phenoxy) is 1. The SMILES string of the molecule is CCOC(=O)C1(NCCCN=[N+]=[N-])CCC(C(C)C)CC1. The van der Waals surface area contributed by atoms with Gasteiger partial charge in [0, 0.05) is 11.5 Å². The van der Waals surface area contributed by atoms with Crippen molar-refractivity contribution in [3.05, 3.63) is 10.4 Å². The van der Waals surface area contributed by atoms with Crippen LogP contribution in [0.25, 0.3) is 10.4 Å². The molecule has 0 aromatic heterocycles. The van der Waals surface area contributed by atoms with Crippen molar-refractivity contribution in [2.75, 3.05) is 19.7 Å². The Labute approximate surface area is 127 Å². The van der Waals surface area contributed by atoms with Gasteiger partial charge in [0.05, 0.1) is 6.61 Å². The van der Waals surface area contributed by atoms with Crippen LogP contribution in [0.4, 0.5) is 0 Å². The highest BCUT2D eigenvalue weighted by molar-refractivity contribution is 5.81. The molecule has 0 bridgehead atoms. The van der Waals surface area contributed by atoms with Crippen molar-refractivity contribution < 1.29 is 9.53 Å². The quantitative estimate of drug-likeness (QED) is 0.245. The van der Waals surface area contributed by atoms with Gasteiger partial charge in [0.2, 0.25) is 0 Å². The summed E-state index contributed by atoms with van der Waals surface area (Å²) in [6.07, 6.45) is 4.50. The molecule has 1 fully saturated rings. The lowest BCUT2D eigenvalue weighted by molar-refractivity contribution is -0.153. The zero-order valence-corrected chi connectivity index (χ0v) is 13.5. The zero-order chi connectivity index (χ0) is 15.7. The van der Waals surface area contributed by atoms with Gasteiger partial charge in [0.15, 0.2) is 0 Å². The molecule has 0 aromatic rings. The second kappa shape index (κ2) is 8.90. The van der Waals surface area contributed by atoms with Crippen LogP contribution in [0.5, 0.6) is 0 Å². The van der Waals surface area contributed by atoms with Gasteiger partial charge >= 0.3 is 5.97 Å². The van der Waals surface area contributed by atoms with Gasteiger partial charge in [0.25, 0.3) is 0 Å². The predicted octanol–water partition coefficient (Wildman–Crippen LogP) is 3.42. The number of hydrogen-bond acceptors (Lipinski definition) is 4. The Morgan fingerprint density at radius 1 is 1.48 bits per heavy atom. The van der Waals surface area contributed by atoms with E-state index in [-0.39, 0.29) is 5.97 Å². The van der Waals surface area contributed by atoms with Gasteiger partial charge in [-0.3, -0.25) is 4.79 Å². The molecule has 1 aliphatic carbocycles. The maximum atomic E-state index is 12.3. The summed E-state index contributed by atoms with van der Waals surface area (Å²) in [7, 11) is 0. The average molecular weight is 296 g/mol. The third kappa shape index (κ3) is 5.21. The lowest BCUT2D eigenvalue weighted by Gasteiger charge is -2.40. The highest BCUT2D eigenvalue weighted by Crippen LogP contribution is 2.36. The van der Waals surface area contributed by atoms with E-state index in [0.717, 1.165) is 32.1 Å². The Kier molecular flexibility index (Phi) is 7.54. The molecule has 0 aliphatic heterocycles. The molecule has 6 nitrogen and oxygen atoms in total. The summed E-state index contributed by atoms with van der Waals surface area (Å²) in [6, 6.07) is 0. The Hall–Kier alpha value is -1.26. The van der Waals surface area contributed by atoms with E-state index >= 15 is 0 Å². The van der Waals surface area contributed by atoms with Crippen molar-refractivity contribution in [2.24, 2.45) is 17.0 Å². The summed E-state index contributed by atoms with van der Waals surface area (Å²) in [5.41, 5.74) is 7.72. The molecule has 6 heteroatoms. The number of azide groups is 1. The summed E-state index contributed by atoms with van der Waals surface area (Å²) < 4.78 is 5.28. The topological polar surface area (TPSA) is 87.1 Å². The molecule has 21 heavy (non-hydrogen) atoms. The van der Waals surface area contributed by atoms with Crippen LogP contribution in [0.15, 0.2) is 5.11 Å². The fraction of sp³-hybridized carbons (Fsp3) is 0.933. The number of carbonyl (C=O) groups is 1. The second-order valence-electron chi connectivity index (χ2n) is 6.12. The molecule has 0 atom stereocenters. The van der Waals surface area contributed by atoms with Crippen LogP contribution >= 0.6 is 0 Å². The molecule has 0 spiro atoms. The van der Waals surface area contributed by atoms with Crippen molar-refractivity contribution in [1.29, 1.82) is 0 Å². The van der Waals surface area contributed by atoms with Gasteiger partial charge in [0.1, 0.15) is 5.54 Å². The molecule has 0 saturated heterocycles. The van der Waals surface area contributed by atoms with Crippen LogP contribution in [0.1, 0.15) is 52.9 Å². The molecule has 1 saturated carbocycles. The first kappa shape index (κ1) is 17.8. The third-order valence-electron chi connectivity index (χ3n) is 4.45. The van der Waals surface area contributed by atoms with Crippen molar-refractivity contribution in [1.82, 2.24) is 5.32 Å². The van der Waals surface area contributed by atoms with Crippen LogP contribution < -0.4 is 5.32 Å². The van der Waals surface area contributed by atoms with Gasteiger partial charge in [-0.2, -0.15) is 0 Å². The van der Waals surface area contributed by atoms with E-state index in [1.54, 1.807) is 0 Å². The standard InChI is InChI=1S/C15H28N4O2/c1-4-21-14(20)15(17-10-5-11-18-19-16)8-6-13(7-9-15)12(2)3/h12-13,17H,4-11H2,1-3H3. The summed E-state index contributed by atoms with van der Waals surface area (Å²) in [5, 5.41) is 6.90. The van der Waals surface area contributed by atoms with E-state index in [0.29, 0.717) is 31.5 Å². The summed E-state index contributed by atoms with van der Waals surface area (Å²) in [6.45, 7) is 7.87. The van der Waals surface area contributed by atoms with Crippen LogP contribution in [-0.4, -0.2) is 31.2 Å². The van der Waals surface area contributed by atoms with Crippen molar-refractivity contribution in [3.63, 3.8) is 0 Å². The first-order valence-electron chi connectivity index (χ1n) is 7.99. The van der Waals surface area contributed by atoms with Crippen molar-refractivity contribution in [2.45, 2.75) is 58.4 Å². The van der Waals surface area contributed by atoms with E-state index in [1.807, 2.05) is 6.92 Å². The van der Waals surface area contributed by atoms with Crippen LogP contribution in [0.3, 0.4) is 0 Å². The van der Waals surface area contributed by atoms with Gasteiger partial charge in [-0.15, -0.1) is 0 Å². The Balaban J connectivity index is 2.60. The molecule has 0 radical (unpaired) electrons. The van der Waals surface area contributed by atoms with Crippen LogP contribution in [-0.2, 0) is 9.53 Å².